The maximum absolute atomic E-state index is 12.3. The molecule has 1 amide bonds. The highest BCUT2D eigenvalue weighted by atomic mass is 16.2. The Bertz CT molecular complexity index is 992. The number of aryl methyl sites for hydroxylation is 4. The number of aromatic nitrogens is 6. The van der Waals surface area contributed by atoms with E-state index in [1.807, 2.05) is 44.6 Å². The van der Waals surface area contributed by atoms with Crippen molar-refractivity contribution in [3.05, 3.63) is 35.4 Å². The van der Waals surface area contributed by atoms with Crippen LogP contribution in [0.25, 0.3) is 5.65 Å². The van der Waals surface area contributed by atoms with Crippen LogP contribution < -0.4 is 4.90 Å². The van der Waals surface area contributed by atoms with Crippen LogP contribution in [0.4, 0.5) is 5.82 Å². The van der Waals surface area contributed by atoms with Crippen molar-refractivity contribution in [3.8, 4) is 0 Å². The van der Waals surface area contributed by atoms with Gasteiger partial charge in [-0.2, -0.15) is 4.52 Å². The first-order chi connectivity index (χ1) is 14.0. The van der Waals surface area contributed by atoms with E-state index in [1.165, 1.54) is 12.8 Å². The van der Waals surface area contributed by atoms with Crippen LogP contribution in [0.1, 0.15) is 56.1 Å². The van der Waals surface area contributed by atoms with Crippen molar-refractivity contribution in [2.45, 2.75) is 66.3 Å². The first-order valence-electron chi connectivity index (χ1n) is 10.5. The molecule has 0 atom stereocenters. The first-order valence-corrected chi connectivity index (χ1v) is 10.5. The molecule has 154 valence electrons. The van der Waals surface area contributed by atoms with Crippen LogP contribution >= 0.6 is 0 Å². The molecular weight excluding hydrogens is 366 g/mol. The standard InChI is InChI=1S/C21H29N7O/c1-5-20(29)27(6-2)19-13-26(12-16-7-8-16)18(24-19)10-9-17-23-21-14(3)11-22-15(4)28(21)25-17/h11,13,16H,5-10,12H2,1-4H3. The summed E-state index contributed by atoms with van der Waals surface area (Å²) in [6.07, 6.45) is 8.36. The molecule has 0 unspecified atom stereocenters. The van der Waals surface area contributed by atoms with E-state index in [0.717, 1.165) is 53.4 Å². The van der Waals surface area contributed by atoms with Crippen molar-refractivity contribution >= 4 is 17.4 Å². The van der Waals surface area contributed by atoms with E-state index < -0.39 is 0 Å². The van der Waals surface area contributed by atoms with Gasteiger partial charge in [-0.3, -0.25) is 9.69 Å². The Labute approximate surface area is 171 Å². The molecule has 1 saturated carbocycles. The second-order valence-corrected chi connectivity index (χ2v) is 7.85. The summed E-state index contributed by atoms with van der Waals surface area (Å²) in [6, 6.07) is 0. The van der Waals surface area contributed by atoms with Gasteiger partial charge in [0.2, 0.25) is 5.91 Å². The Morgan fingerprint density at radius 3 is 2.66 bits per heavy atom. The van der Waals surface area contributed by atoms with Crippen molar-refractivity contribution in [2.24, 2.45) is 5.92 Å². The Kier molecular flexibility index (Phi) is 5.34. The van der Waals surface area contributed by atoms with Gasteiger partial charge in [-0.25, -0.2) is 15.0 Å². The van der Waals surface area contributed by atoms with Crippen LogP contribution in [0, 0.1) is 19.8 Å². The lowest BCUT2D eigenvalue weighted by Crippen LogP contribution is -2.30. The van der Waals surface area contributed by atoms with Gasteiger partial charge < -0.3 is 4.57 Å². The summed E-state index contributed by atoms with van der Waals surface area (Å²) in [5.41, 5.74) is 1.88. The molecule has 29 heavy (non-hydrogen) atoms. The topological polar surface area (TPSA) is 81.2 Å². The molecule has 1 aliphatic rings. The molecule has 8 nitrogen and oxygen atoms in total. The molecular formula is C21H29N7O. The number of imidazole rings is 1. The third kappa shape index (κ3) is 4.02. The van der Waals surface area contributed by atoms with Crippen molar-refractivity contribution in [2.75, 3.05) is 11.4 Å². The van der Waals surface area contributed by atoms with Crippen molar-refractivity contribution < 1.29 is 4.79 Å². The van der Waals surface area contributed by atoms with Gasteiger partial charge in [0.05, 0.1) is 0 Å². The zero-order valence-corrected chi connectivity index (χ0v) is 17.7. The van der Waals surface area contributed by atoms with Gasteiger partial charge in [-0.15, -0.1) is 5.10 Å². The highest BCUT2D eigenvalue weighted by Gasteiger charge is 2.25. The van der Waals surface area contributed by atoms with Gasteiger partial charge >= 0.3 is 0 Å². The fourth-order valence-electron chi connectivity index (χ4n) is 3.63. The SMILES string of the molecule is CCC(=O)N(CC)c1cn(CC2CC2)c(CCc2nc3c(C)cnc(C)n3n2)n1. The lowest BCUT2D eigenvalue weighted by atomic mass is 10.3. The average Bonchev–Trinajstić information content (AvgIpc) is 3.27. The molecule has 1 aliphatic carbocycles. The number of hydrogen-bond donors (Lipinski definition) is 0. The number of carbonyl (C=O) groups is 1. The first kappa shape index (κ1) is 19.5. The molecule has 3 aromatic heterocycles. The van der Waals surface area contributed by atoms with Gasteiger partial charge in [0.1, 0.15) is 11.6 Å². The number of rotatable bonds is 8. The molecule has 0 bridgehead atoms. The monoisotopic (exact) mass is 395 g/mol. The van der Waals surface area contributed by atoms with Gasteiger partial charge in [-0.1, -0.05) is 6.92 Å². The highest BCUT2D eigenvalue weighted by Crippen LogP contribution is 2.32. The minimum absolute atomic E-state index is 0.107. The summed E-state index contributed by atoms with van der Waals surface area (Å²) < 4.78 is 4.04. The Morgan fingerprint density at radius 1 is 1.21 bits per heavy atom. The highest BCUT2D eigenvalue weighted by molar-refractivity contribution is 5.92. The summed E-state index contributed by atoms with van der Waals surface area (Å²) in [5.74, 6) is 4.23. The van der Waals surface area contributed by atoms with E-state index in [9.17, 15) is 4.79 Å². The van der Waals surface area contributed by atoms with Gasteiger partial charge in [0.15, 0.2) is 17.3 Å². The average molecular weight is 396 g/mol. The molecule has 8 heteroatoms. The smallest absolute Gasteiger partial charge is 0.227 e. The zero-order valence-electron chi connectivity index (χ0n) is 17.7. The molecule has 0 radical (unpaired) electrons. The summed E-state index contributed by atoms with van der Waals surface area (Å²) in [6.45, 7) is 9.42. The number of anilines is 1. The van der Waals surface area contributed by atoms with Crippen molar-refractivity contribution in [3.63, 3.8) is 0 Å². The maximum atomic E-state index is 12.3. The fourth-order valence-corrected chi connectivity index (χ4v) is 3.63. The molecule has 0 N–H and O–H groups in total. The number of amides is 1. The van der Waals surface area contributed by atoms with Gasteiger partial charge in [0, 0.05) is 50.3 Å². The molecule has 4 rings (SSSR count). The molecule has 3 aromatic rings. The van der Waals surface area contributed by atoms with Crippen LogP contribution in [0.5, 0.6) is 0 Å². The largest absolute Gasteiger partial charge is 0.332 e. The van der Waals surface area contributed by atoms with E-state index in [4.69, 9.17) is 9.97 Å². The van der Waals surface area contributed by atoms with E-state index in [1.54, 1.807) is 4.90 Å². The Morgan fingerprint density at radius 2 is 2.00 bits per heavy atom. The summed E-state index contributed by atoms with van der Waals surface area (Å²) >= 11 is 0. The summed E-state index contributed by atoms with van der Waals surface area (Å²) in [4.78, 5) is 27.9. The normalized spacial score (nSPS) is 13.9. The van der Waals surface area contributed by atoms with Crippen LogP contribution in [-0.4, -0.2) is 41.6 Å². The quantitative estimate of drug-likeness (QED) is 0.586. The summed E-state index contributed by atoms with van der Waals surface area (Å²) in [7, 11) is 0. The Hall–Kier alpha value is -2.77. The lowest BCUT2D eigenvalue weighted by molar-refractivity contribution is -0.118. The van der Waals surface area contributed by atoms with Crippen molar-refractivity contribution in [1.82, 2.24) is 29.1 Å². The van der Waals surface area contributed by atoms with E-state index in [2.05, 4.69) is 14.6 Å². The van der Waals surface area contributed by atoms with Gasteiger partial charge in [0.25, 0.3) is 0 Å². The molecule has 0 aromatic carbocycles. The number of carbonyl (C=O) groups excluding carboxylic acids is 1. The van der Waals surface area contributed by atoms with Crippen LogP contribution in [0.15, 0.2) is 12.4 Å². The zero-order chi connectivity index (χ0) is 20.5. The molecule has 0 aliphatic heterocycles. The molecule has 0 saturated heterocycles. The lowest BCUT2D eigenvalue weighted by Gasteiger charge is -2.16. The minimum Gasteiger partial charge on any atom is -0.332 e. The second-order valence-electron chi connectivity index (χ2n) is 7.85. The minimum atomic E-state index is 0.107. The second kappa shape index (κ2) is 7.93. The van der Waals surface area contributed by atoms with E-state index >= 15 is 0 Å². The predicted molar refractivity (Wildman–Crippen MR) is 111 cm³/mol. The molecule has 0 spiro atoms. The summed E-state index contributed by atoms with van der Waals surface area (Å²) in [5, 5.41) is 4.63. The number of nitrogens with zero attached hydrogens (tertiary/aromatic N) is 7. The van der Waals surface area contributed by atoms with Gasteiger partial charge in [-0.05, 0) is 39.5 Å². The van der Waals surface area contributed by atoms with E-state index in [-0.39, 0.29) is 5.91 Å². The number of fused-ring (bicyclic) bond motifs is 1. The predicted octanol–water partition coefficient (Wildman–Crippen LogP) is 2.90. The molecule has 1 fully saturated rings. The maximum Gasteiger partial charge on any atom is 0.227 e. The van der Waals surface area contributed by atoms with Crippen molar-refractivity contribution in [1.29, 1.82) is 0 Å². The third-order valence-electron chi connectivity index (χ3n) is 5.52. The van der Waals surface area contributed by atoms with Crippen LogP contribution in [-0.2, 0) is 24.2 Å². The molecule has 3 heterocycles. The van der Waals surface area contributed by atoms with Crippen LogP contribution in [0.3, 0.4) is 0 Å². The van der Waals surface area contributed by atoms with Crippen LogP contribution in [0.2, 0.25) is 0 Å². The Balaban J connectivity index is 1.58. The number of hydrogen-bond acceptors (Lipinski definition) is 5. The third-order valence-corrected chi connectivity index (χ3v) is 5.52. The van der Waals surface area contributed by atoms with E-state index in [0.29, 0.717) is 19.4 Å². The fraction of sp³-hybridized carbons (Fsp3) is 0.571.